The van der Waals surface area contributed by atoms with Crippen LogP contribution in [0.1, 0.15) is 18.0 Å². The van der Waals surface area contributed by atoms with Gasteiger partial charge < -0.3 is 10.8 Å². The lowest BCUT2D eigenvalue weighted by Gasteiger charge is -2.34. The van der Waals surface area contributed by atoms with Crippen LogP contribution in [-0.2, 0) is 14.8 Å². The Balaban J connectivity index is 0.000000321. The van der Waals surface area contributed by atoms with Crippen molar-refractivity contribution in [1.82, 2.24) is 9.78 Å². The fraction of sp³-hybridized carbons (Fsp3) is 0.333. The molecular weight excluding hydrogens is 389 g/mol. The number of rotatable bonds is 2. The Hall–Kier alpha value is -2.76. The molecular formula is C15H17F3N4O4S. The van der Waals surface area contributed by atoms with Crippen LogP contribution in [-0.4, -0.2) is 48.3 Å². The van der Waals surface area contributed by atoms with Gasteiger partial charge in [-0.3, -0.25) is 8.99 Å². The quantitative estimate of drug-likeness (QED) is 0.735. The van der Waals surface area contributed by atoms with Gasteiger partial charge in [-0.2, -0.15) is 18.3 Å². The molecule has 0 amide bonds. The fourth-order valence-electron chi connectivity index (χ4n) is 2.67. The largest absolute Gasteiger partial charge is 0.490 e. The van der Waals surface area contributed by atoms with Gasteiger partial charge in [-0.15, -0.1) is 0 Å². The molecule has 12 heteroatoms. The molecule has 3 rings (SSSR count). The van der Waals surface area contributed by atoms with Crippen molar-refractivity contribution in [2.45, 2.75) is 18.6 Å². The van der Waals surface area contributed by atoms with Crippen molar-refractivity contribution in [3.05, 3.63) is 42.2 Å². The summed E-state index contributed by atoms with van der Waals surface area (Å²) in [5.41, 5.74) is 8.06. The van der Waals surface area contributed by atoms with Crippen LogP contribution in [0.3, 0.4) is 0 Å². The molecule has 0 saturated carbocycles. The van der Waals surface area contributed by atoms with Crippen LogP contribution in [0.25, 0.3) is 0 Å². The van der Waals surface area contributed by atoms with E-state index in [1.54, 1.807) is 18.3 Å². The minimum atomic E-state index is -5.08. The third-order valence-corrected chi connectivity index (χ3v) is 4.95. The number of halogens is 3. The third-order valence-electron chi connectivity index (χ3n) is 3.77. The smallest absolute Gasteiger partial charge is 0.475 e. The molecule has 2 aromatic rings. The van der Waals surface area contributed by atoms with Gasteiger partial charge in [0.15, 0.2) is 0 Å². The molecule has 3 N–H and O–H groups in total. The Kier molecular flexibility index (Phi) is 5.68. The van der Waals surface area contributed by atoms with E-state index in [0.717, 1.165) is 5.56 Å². The van der Waals surface area contributed by atoms with Crippen LogP contribution in [0.2, 0.25) is 0 Å². The first-order valence-electron chi connectivity index (χ1n) is 7.57. The van der Waals surface area contributed by atoms with Gasteiger partial charge in [-0.1, -0.05) is 0 Å². The first-order chi connectivity index (χ1) is 12.4. The summed E-state index contributed by atoms with van der Waals surface area (Å²) in [4.78, 5) is 8.90. The Labute approximate surface area is 153 Å². The normalized spacial score (nSPS) is 16.9. The Morgan fingerprint density at radius 1 is 1.37 bits per heavy atom. The summed E-state index contributed by atoms with van der Waals surface area (Å²) >= 11 is 0. The molecule has 1 aromatic heterocycles. The number of carboxylic acids is 1. The third kappa shape index (κ3) is 4.90. The van der Waals surface area contributed by atoms with Crippen molar-refractivity contribution in [2.75, 3.05) is 22.8 Å². The number of hydrogen-bond donors (Lipinski definition) is 2. The molecule has 0 spiro atoms. The fourth-order valence-corrected chi connectivity index (χ4v) is 3.63. The highest BCUT2D eigenvalue weighted by Crippen LogP contribution is 2.38. The van der Waals surface area contributed by atoms with E-state index in [4.69, 9.17) is 15.6 Å². The van der Waals surface area contributed by atoms with Crippen molar-refractivity contribution in [2.24, 2.45) is 0 Å². The van der Waals surface area contributed by atoms with E-state index >= 15 is 0 Å². The molecule has 0 fully saturated rings. The Bertz CT molecular complexity index is 914. The van der Waals surface area contributed by atoms with E-state index in [1.165, 1.54) is 10.6 Å². The SMILES string of the molecule is CS(=O)(=O)N1CCC(n2cccn2)c2cc(N)ccc21.O=C(O)C(F)(F)F. The maximum Gasteiger partial charge on any atom is 0.490 e. The standard InChI is InChI=1S/C13H16N4O2S.C2HF3O2/c1-20(18,19)17-8-5-12(16-7-2-6-15-16)11-9-10(14)3-4-13(11)17;3-2(4,5)1(6)7/h2-4,6-7,9,12H,5,8,14H2,1H3;(H,6,7). The molecule has 0 aliphatic carbocycles. The number of anilines is 2. The Morgan fingerprint density at radius 2 is 2.00 bits per heavy atom. The van der Waals surface area contributed by atoms with Crippen molar-refractivity contribution < 1.29 is 31.5 Å². The first-order valence-corrected chi connectivity index (χ1v) is 9.42. The zero-order chi connectivity index (χ0) is 20.4. The first kappa shape index (κ1) is 20.6. The number of alkyl halides is 3. The van der Waals surface area contributed by atoms with Gasteiger partial charge in [0, 0.05) is 30.2 Å². The number of fused-ring (bicyclic) bond motifs is 1. The molecule has 1 unspecified atom stereocenters. The molecule has 2 heterocycles. The van der Waals surface area contributed by atoms with Crippen molar-refractivity contribution in [3.63, 3.8) is 0 Å². The molecule has 1 aliphatic heterocycles. The summed E-state index contributed by atoms with van der Waals surface area (Å²) in [5, 5.41) is 11.4. The molecule has 27 heavy (non-hydrogen) atoms. The average molecular weight is 406 g/mol. The molecule has 0 saturated heterocycles. The summed E-state index contributed by atoms with van der Waals surface area (Å²) in [6, 6.07) is 7.19. The summed E-state index contributed by atoms with van der Waals surface area (Å²) in [6.45, 7) is 0.445. The van der Waals surface area contributed by atoms with Gasteiger partial charge in [-0.25, -0.2) is 13.2 Å². The number of nitrogens with two attached hydrogens (primary N) is 1. The average Bonchev–Trinajstić information content (AvgIpc) is 3.06. The highest BCUT2D eigenvalue weighted by Gasteiger charge is 2.38. The zero-order valence-corrected chi connectivity index (χ0v) is 14.9. The number of hydrogen-bond acceptors (Lipinski definition) is 5. The highest BCUT2D eigenvalue weighted by atomic mass is 32.2. The molecule has 0 radical (unpaired) electrons. The van der Waals surface area contributed by atoms with Crippen molar-refractivity contribution in [3.8, 4) is 0 Å². The number of aromatic nitrogens is 2. The molecule has 1 atom stereocenters. The molecule has 1 aliphatic rings. The van der Waals surface area contributed by atoms with Crippen LogP contribution in [0.4, 0.5) is 24.5 Å². The number of nitrogens with zero attached hydrogens (tertiary/aromatic N) is 3. The number of carboxylic acid groups (broad SMARTS) is 1. The maximum absolute atomic E-state index is 11.9. The van der Waals surface area contributed by atoms with Gasteiger partial charge in [0.25, 0.3) is 0 Å². The maximum atomic E-state index is 11.9. The molecule has 148 valence electrons. The zero-order valence-electron chi connectivity index (χ0n) is 14.1. The summed E-state index contributed by atoms with van der Waals surface area (Å²) < 4.78 is 58.8. The summed E-state index contributed by atoms with van der Waals surface area (Å²) in [7, 11) is -3.28. The predicted octanol–water partition coefficient (Wildman–Crippen LogP) is 1.86. The number of nitrogen functional groups attached to an aromatic ring is 1. The van der Waals surface area contributed by atoms with E-state index in [2.05, 4.69) is 5.10 Å². The Morgan fingerprint density at radius 3 is 2.48 bits per heavy atom. The van der Waals surface area contributed by atoms with E-state index < -0.39 is 22.2 Å². The van der Waals surface area contributed by atoms with E-state index in [1.807, 2.05) is 23.0 Å². The lowest BCUT2D eigenvalue weighted by Crippen LogP contribution is -2.37. The van der Waals surface area contributed by atoms with Crippen LogP contribution < -0.4 is 10.0 Å². The minimum Gasteiger partial charge on any atom is -0.475 e. The monoisotopic (exact) mass is 406 g/mol. The van der Waals surface area contributed by atoms with Gasteiger partial charge in [-0.05, 0) is 30.7 Å². The van der Waals surface area contributed by atoms with Crippen LogP contribution in [0.5, 0.6) is 0 Å². The van der Waals surface area contributed by atoms with E-state index in [-0.39, 0.29) is 6.04 Å². The molecule has 0 bridgehead atoms. The predicted molar refractivity (Wildman–Crippen MR) is 91.7 cm³/mol. The lowest BCUT2D eigenvalue weighted by molar-refractivity contribution is -0.192. The summed E-state index contributed by atoms with van der Waals surface area (Å²) in [6.07, 6.45) is 0.412. The van der Waals surface area contributed by atoms with Gasteiger partial charge >= 0.3 is 12.1 Å². The summed E-state index contributed by atoms with van der Waals surface area (Å²) in [5.74, 6) is -2.76. The van der Waals surface area contributed by atoms with Crippen LogP contribution >= 0.6 is 0 Å². The second-order valence-corrected chi connectivity index (χ2v) is 7.65. The van der Waals surface area contributed by atoms with E-state index in [9.17, 15) is 21.6 Å². The van der Waals surface area contributed by atoms with Crippen LogP contribution in [0.15, 0.2) is 36.7 Å². The highest BCUT2D eigenvalue weighted by molar-refractivity contribution is 7.92. The second-order valence-electron chi connectivity index (χ2n) is 5.75. The second kappa shape index (κ2) is 7.47. The van der Waals surface area contributed by atoms with Crippen LogP contribution in [0, 0.1) is 0 Å². The van der Waals surface area contributed by atoms with Crippen molar-refractivity contribution >= 4 is 27.4 Å². The minimum absolute atomic E-state index is 0.0153. The number of aliphatic carboxylic acids is 1. The number of benzene rings is 1. The number of sulfonamides is 1. The molecule has 1 aromatic carbocycles. The lowest BCUT2D eigenvalue weighted by atomic mass is 9.97. The van der Waals surface area contributed by atoms with E-state index in [0.29, 0.717) is 24.3 Å². The molecule has 8 nitrogen and oxygen atoms in total. The van der Waals surface area contributed by atoms with Gasteiger partial charge in [0.2, 0.25) is 10.0 Å². The van der Waals surface area contributed by atoms with Gasteiger partial charge in [0.1, 0.15) is 0 Å². The van der Waals surface area contributed by atoms with Crippen molar-refractivity contribution in [1.29, 1.82) is 0 Å². The topological polar surface area (TPSA) is 119 Å². The van der Waals surface area contributed by atoms with Gasteiger partial charge in [0.05, 0.1) is 18.0 Å². The number of carbonyl (C=O) groups is 1.